The number of hydrogen-bond donors (Lipinski definition) is 1. The topological polar surface area (TPSA) is 63.4 Å². The molecule has 1 saturated carbocycles. The van der Waals surface area contributed by atoms with Crippen molar-refractivity contribution in [3.8, 4) is 0 Å². The number of carbonyl (C=O) groups excluding carboxylic acids is 2. The Bertz CT molecular complexity index is 305. The maximum Gasteiger partial charge on any atom is 0.230 e. The van der Waals surface area contributed by atoms with Crippen molar-refractivity contribution >= 4 is 11.8 Å². The van der Waals surface area contributed by atoms with Gasteiger partial charge in [0.25, 0.3) is 0 Å². The molecule has 0 spiro atoms. The van der Waals surface area contributed by atoms with E-state index in [-0.39, 0.29) is 29.3 Å². The van der Waals surface area contributed by atoms with Crippen molar-refractivity contribution in [1.82, 2.24) is 4.90 Å². The highest BCUT2D eigenvalue weighted by Crippen LogP contribution is 2.35. The molecule has 0 aromatic heterocycles. The van der Waals surface area contributed by atoms with Crippen LogP contribution in [0.15, 0.2) is 0 Å². The molecule has 4 heteroatoms. The molecular formula is C12H20N2O2. The number of nitrogens with two attached hydrogens (primary N) is 1. The van der Waals surface area contributed by atoms with Gasteiger partial charge in [-0.25, -0.2) is 0 Å². The fourth-order valence-electron chi connectivity index (χ4n) is 2.85. The van der Waals surface area contributed by atoms with E-state index in [0.29, 0.717) is 12.8 Å². The summed E-state index contributed by atoms with van der Waals surface area (Å²) in [7, 11) is 0. The van der Waals surface area contributed by atoms with Crippen LogP contribution in [0.4, 0.5) is 0 Å². The van der Waals surface area contributed by atoms with Gasteiger partial charge >= 0.3 is 0 Å². The molecule has 0 aromatic rings. The zero-order valence-electron chi connectivity index (χ0n) is 10.0. The van der Waals surface area contributed by atoms with E-state index in [4.69, 9.17) is 5.73 Å². The standard InChI is InChI=1S/C12H20N2O2/c1-12(2)6-10(15)14(11(16)7-12)9-5-3-4-8(9)13/h8-9H,3-7,13H2,1-2H3. The Labute approximate surface area is 96.2 Å². The first kappa shape index (κ1) is 11.6. The molecule has 16 heavy (non-hydrogen) atoms. The molecular weight excluding hydrogens is 204 g/mol. The minimum absolute atomic E-state index is 0.0193. The quantitative estimate of drug-likeness (QED) is 0.677. The van der Waals surface area contributed by atoms with E-state index in [2.05, 4.69) is 0 Å². The van der Waals surface area contributed by atoms with Gasteiger partial charge in [-0.1, -0.05) is 13.8 Å². The monoisotopic (exact) mass is 224 g/mol. The van der Waals surface area contributed by atoms with Crippen molar-refractivity contribution in [1.29, 1.82) is 0 Å². The Hall–Kier alpha value is -0.900. The third-order valence-corrected chi connectivity index (χ3v) is 3.66. The van der Waals surface area contributed by atoms with Crippen LogP contribution in [0, 0.1) is 5.41 Å². The molecule has 90 valence electrons. The lowest BCUT2D eigenvalue weighted by atomic mass is 9.81. The first-order valence-corrected chi connectivity index (χ1v) is 6.01. The molecule has 1 aliphatic heterocycles. The molecule has 2 unspecified atom stereocenters. The number of amides is 2. The predicted octanol–water partition coefficient (Wildman–Crippen LogP) is 1.04. The summed E-state index contributed by atoms with van der Waals surface area (Å²) in [6, 6.07) is -0.0646. The van der Waals surface area contributed by atoms with Gasteiger partial charge in [-0.15, -0.1) is 0 Å². The second-order valence-corrected chi connectivity index (χ2v) is 5.84. The van der Waals surface area contributed by atoms with Gasteiger partial charge in [0.1, 0.15) is 0 Å². The number of hydrogen-bond acceptors (Lipinski definition) is 3. The molecule has 1 aliphatic carbocycles. The Morgan fingerprint density at radius 3 is 2.19 bits per heavy atom. The minimum Gasteiger partial charge on any atom is -0.326 e. The molecule has 2 atom stereocenters. The molecule has 2 fully saturated rings. The molecule has 0 bridgehead atoms. The zero-order valence-corrected chi connectivity index (χ0v) is 10.0. The van der Waals surface area contributed by atoms with Crippen molar-refractivity contribution in [2.24, 2.45) is 11.1 Å². The van der Waals surface area contributed by atoms with Gasteiger partial charge in [-0.3, -0.25) is 14.5 Å². The van der Waals surface area contributed by atoms with E-state index in [9.17, 15) is 9.59 Å². The minimum atomic E-state index is -0.187. The SMILES string of the molecule is CC1(C)CC(=O)N(C2CCCC2N)C(=O)C1. The smallest absolute Gasteiger partial charge is 0.230 e. The fraction of sp³-hybridized carbons (Fsp3) is 0.833. The molecule has 0 radical (unpaired) electrons. The van der Waals surface area contributed by atoms with Crippen molar-refractivity contribution in [2.75, 3.05) is 0 Å². The highest BCUT2D eigenvalue weighted by Gasteiger charge is 2.43. The lowest BCUT2D eigenvalue weighted by Crippen LogP contribution is -2.55. The summed E-state index contributed by atoms with van der Waals surface area (Å²) >= 11 is 0. The number of rotatable bonds is 1. The van der Waals surface area contributed by atoms with Crippen LogP contribution in [0.3, 0.4) is 0 Å². The van der Waals surface area contributed by atoms with Crippen LogP contribution in [0.5, 0.6) is 0 Å². The zero-order chi connectivity index (χ0) is 11.9. The summed E-state index contributed by atoms with van der Waals surface area (Å²) in [5.41, 5.74) is 5.77. The summed E-state index contributed by atoms with van der Waals surface area (Å²) in [4.78, 5) is 25.5. The van der Waals surface area contributed by atoms with Crippen LogP contribution in [-0.2, 0) is 9.59 Å². The summed E-state index contributed by atoms with van der Waals surface area (Å²) in [6.45, 7) is 3.93. The van der Waals surface area contributed by atoms with Crippen molar-refractivity contribution in [3.63, 3.8) is 0 Å². The maximum atomic E-state index is 12.0. The van der Waals surface area contributed by atoms with E-state index in [1.165, 1.54) is 4.90 Å². The molecule has 0 aromatic carbocycles. The first-order chi connectivity index (χ1) is 7.41. The third kappa shape index (κ3) is 1.98. The number of likely N-dealkylation sites (tertiary alicyclic amines) is 1. The van der Waals surface area contributed by atoms with Crippen molar-refractivity contribution in [3.05, 3.63) is 0 Å². The molecule has 1 saturated heterocycles. The fourth-order valence-corrected chi connectivity index (χ4v) is 2.85. The number of piperidine rings is 1. The van der Waals surface area contributed by atoms with E-state index in [0.717, 1.165) is 19.3 Å². The average Bonchev–Trinajstić information content (AvgIpc) is 2.48. The van der Waals surface area contributed by atoms with Crippen LogP contribution in [-0.4, -0.2) is 28.8 Å². The molecule has 2 N–H and O–H groups in total. The lowest BCUT2D eigenvalue weighted by Gasteiger charge is -2.39. The molecule has 4 nitrogen and oxygen atoms in total. The van der Waals surface area contributed by atoms with Gasteiger partial charge < -0.3 is 5.73 Å². The van der Waals surface area contributed by atoms with Crippen LogP contribution < -0.4 is 5.73 Å². The van der Waals surface area contributed by atoms with E-state index < -0.39 is 0 Å². The third-order valence-electron chi connectivity index (χ3n) is 3.66. The Morgan fingerprint density at radius 2 is 1.75 bits per heavy atom. The second kappa shape index (κ2) is 3.84. The largest absolute Gasteiger partial charge is 0.326 e. The summed E-state index contributed by atoms with van der Waals surface area (Å²) in [6.07, 6.45) is 3.74. The molecule has 2 amide bonds. The summed E-state index contributed by atoms with van der Waals surface area (Å²) < 4.78 is 0. The maximum absolute atomic E-state index is 12.0. The van der Waals surface area contributed by atoms with Crippen molar-refractivity contribution in [2.45, 2.75) is 58.0 Å². The predicted molar refractivity (Wildman–Crippen MR) is 60.5 cm³/mol. The van der Waals surface area contributed by atoms with Crippen LogP contribution >= 0.6 is 0 Å². The molecule has 2 aliphatic rings. The normalized spacial score (nSPS) is 34.6. The summed E-state index contributed by atoms with van der Waals surface area (Å²) in [5, 5.41) is 0. The molecule has 2 rings (SSSR count). The van der Waals surface area contributed by atoms with E-state index in [1.54, 1.807) is 0 Å². The number of carbonyl (C=O) groups is 2. The number of nitrogens with zero attached hydrogens (tertiary/aromatic N) is 1. The van der Waals surface area contributed by atoms with Gasteiger partial charge in [0.2, 0.25) is 11.8 Å². The molecule has 1 heterocycles. The second-order valence-electron chi connectivity index (χ2n) is 5.84. The van der Waals surface area contributed by atoms with Crippen LogP contribution in [0.1, 0.15) is 46.0 Å². The van der Waals surface area contributed by atoms with Crippen LogP contribution in [0.2, 0.25) is 0 Å². The Kier molecular flexibility index (Phi) is 2.78. The lowest BCUT2D eigenvalue weighted by molar-refractivity contribution is -0.155. The van der Waals surface area contributed by atoms with E-state index in [1.807, 2.05) is 13.8 Å². The van der Waals surface area contributed by atoms with Gasteiger partial charge in [-0.05, 0) is 24.7 Å². The van der Waals surface area contributed by atoms with Gasteiger partial charge in [-0.2, -0.15) is 0 Å². The Balaban J connectivity index is 2.16. The van der Waals surface area contributed by atoms with E-state index >= 15 is 0 Å². The first-order valence-electron chi connectivity index (χ1n) is 6.01. The van der Waals surface area contributed by atoms with Gasteiger partial charge in [0.05, 0.1) is 6.04 Å². The van der Waals surface area contributed by atoms with Gasteiger partial charge in [0.15, 0.2) is 0 Å². The van der Waals surface area contributed by atoms with Crippen LogP contribution in [0.25, 0.3) is 0 Å². The average molecular weight is 224 g/mol. The Morgan fingerprint density at radius 1 is 1.19 bits per heavy atom. The van der Waals surface area contributed by atoms with Crippen molar-refractivity contribution < 1.29 is 9.59 Å². The number of imide groups is 1. The highest BCUT2D eigenvalue weighted by atomic mass is 16.2. The van der Waals surface area contributed by atoms with Gasteiger partial charge in [0, 0.05) is 18.9 Å². The highest BCUT2D eigenvalue weighted by molar-refractivity contribution is 5.98. The summed E-state index contributed by atoms with van der Waals surface area (Å²) in [5.74, 6) is -0.0767.